The fourth-order valence-corrected chi connectivity index (χ4v) is 2.53. The third kappa shape index (κ3) is 3.93. The summed E-state index contributed by atoms with van der Waals surface area (Å²) in [5, 5.41) is 11.8. The fraction of sp³-hybridized carbons (Fsp3) is 0.417. The smallest absolute Gasteiger partial charge is 0.426 e. The van der Waals surface area contributed by atoms with E-state index in [9.17, 15) is 9.35 Å². The molecule has 0 saturated heterocycles. The van der Waals surface area contributed by atoms with Crippen molar-refractivity contribution in [3.05, 3.63) is 23.8 Å². The number of carboxylic acid groups (broad SMARTS) is 1. The maximum Gasteiger partial charge on any atom is 0.426 e. The average Bonchev–Trinajstić information content (AvgIpc) is 2.28. The highest BCUT2D eigenvalue weighted by molar-refractivity contribution is 7.89. The van der Waals surface area contributed by atoms with Gasteiger partial charge in [-0.25, -0.2) is 9.80 Å². The lowest BCUT2D eigenvalue weighted by atomic mass is 10.2. The molecule has 7 heteroatoms. The predicted molar refractivity (Wildman–Crippen MR) is 77.4 cm³/mol. The molecule has 106 valence electrons. The van der Waals surface area contributed by atoms with Crippen molar-refractivity contribution >= 4 is 28.6 Å². The summed E-state index contributed by atoms with van der Waals surface area (Å²) in [4.78, 5) is 11.1. The van der Waals surface area contributed by atoms with Gasteiger partial charge in [0.1, 0.15) is 5.75 Å². The molecule has 3 N–H and O–H groups in total. The Hall–Kier alpha value is -1.60. The molecule has 0 radical (unpaired) electrons. The van der Waals surface area contributed by atoms with E-state index in [1.807, 2.05) is 0 Å². The molecule has 0 heterocycles. The molecule has 19 heavy (non-hydrogen) atoms. The van der Waals surface area contributed by atoms with E-state index in [4.69, 9.17) is 10.8 Å². The maximum absolute atomic E-state index is 11.4. The van der Waals surface area contributed by atoms with E-state index < -0.39 is 17.3 Å². The molecule has 0 aromatic heterocycles. The lowest BCUT2D eigenvalue weighted by molar-refractivity contribution is 0.145. The van der Waals surface area contributed by atoms with Crippen molar-refractivity contribution in [3.63, 3.8) is 0 Å². The van der Waals surface area contributed by atoms with Crippen molar-refractivity contribution in [3.8, 4) is 0 Å². The van der Waals surface area contributed by atoms with Crippen LogP contribution in [0.15, 0.2) is 18.2 Å². The van der Waals surface area contributed by atoms with E-state index in [-0.39, 0.29) is 0 Å². The highest BCUT2D eigenvalue weighted by Crippen LogP contribution is 2.25. The molecule has 1 aromatic rings. The minimum Gasteiger partial charge on any atom is -0.616 e. The lowest BCUT2D eigenvalue weighted by Gasteiger charge is -2.31. The summed E-state index contributed by atoms with van der Waals surface area (Å²) in [6.07, 6.45) is 0.562. The molecular weight excluding hydrogens is 266 g/mol. The molecule has 6 nitrogen and oxygen atoms in total. The highest BCUT2D eigenvalue weighted by atomic mass is 32.2. The average molecular weight is 285 g/mol. The van der Waals surface area contributed by atoms with Gasteiger partial charge in [0.15, 0.2) is 0 Å². The van der Waals surface area contributed by atoms with Crippen LogP contribution in [0.3, 0.4) is 0 Å². The van der Waals surface area contributed by atoms with E-state index in [1.54, 1.807) is 38.4 Å². The molecule has 1 amide bonds. The number of nitrogens with two attached hydrogens (primary N) is 1. The monoisotopic (exact) mass is 285 g/mol. The molecule has 0 aliphatic rings. The van der Waals surface area contributed by atoms with Crippen molar-refractivity contribution < 1.29 is 14.5 Å². The second-order valence-corrected chi connectivity index (χ2v) is 5.56. The molecule has 1 atom stereocenters. The minimum absolute atomic E-state index is 0.324. The minimum atomic E-state index is -1.04. The van der Waals surface area contributed by atoms with Crippen LogP contribution >= 0.6 is 0 Å². The number of hydrogen-bond donors (Lipinski definition) is 2. The molecular formula is C12H19N3O3S. The van der Waals surface area contributed by atoms with Crippen molar-refractivity contribution in [2.45, 2.75) is 12.7 Å². The Kier molecular flexibility index (Phi) is 5.31. The van der Waals surface area contributed by atoms with E-state index in [0.717, 1.165) is 5.56 Å². The van der Waals surface area contributed by atoms with Crippen LogP contribution in [0.2, 0.25) is 0 Å². The molecule has 0 spiro atoms. The van der Waals surface area contributed by atoms with Crippen LogP contribution in [-0.2, 0) is 16.9 Å². The standard InChI is InChI=1S/C12H19N3O3S/c1-4-15(12(16)17)14(2)11-6-5-10(13)7-9(11)8-19(3)18/h5-7H,4,8,13H2,1-3H3,(H,16,17). The SMILES string of the molecule is CCN(C(=O)O)N(C)c1ccc(N)cc1C[S+](C)[O-]. The Balaban J connectivity index is 3.13. The first-order valence-electron chi connectivity index (χ1n) is 5.79. The highest BCUT2D eigenvalue weighted by Gasteiger charge is 2.19. The van der Waals surface area contributed by atoms with Crippen LogP contribution in [-0.4, -0.2) is 40.6 Å². The number of nitrogens with zero attached hydrogens (tertiary/aromatic N) is 2. The normalized spacial score (nSPS) is 12.0. The third-order valence-corrected chi connectivity index (χ3v) is 3.41. The molecule has 0 saturated carbocycles. The van der Waals surface area contributed by atoms with Crippen LogP contribution < -0.4 is 10.7 Å². The lowest BCUT2D eigenvalue weighted by Crippen LogP contribution is -2.44. The zero-order chi connectivity index (χ0) is 14.6. The van der Waals surface area contributed by atoms with Gasteiger partial charge in [-0.2, -0.15) is 0 Å². The van der Waals surface area contributed by atoms with Crippen LogP contribution in [0.25, 0.3) is 0 Å². The van der Waals surface area contributed by atoms with Gasteiger partial charge in [-0.1, -0.05) is 11.2 Å². The van der Waals surface area contributed by atoms with Crippen molar-refractivity contribution in [2.24, 2.45) is 0 Å². The predicted octanol–water partition coefficient (Wildman–Crippen LogP) is 1.50. The first-order chi connectivity index (χ1) is 8.86. The second kappa shape index (κ2) is 6.53. The van der Waals surface area contributed by atoms with Gasteiger partial charge in [-0.3, -0.25) is 5.01 Å². The van der Waals surface area contributed by atoms with Crippen LogP contribution in [0.4, 0.5) is 16.2 Å². The number of nitrogen functional groups attached to an aromatic ring is 1. The number of hydrogen-bond acceptors (Lipinski definition) is 4. The quantitative estimate of drug-likeness (QED) is 0.486. The summed E-state index contributed by atoms with van der Waals surface area (Å²) >= 11 is -1.03. The van der Waals surface area contributed by atoms with Gasteiger partial charge in [0.05, 0.1) is 11.9 Å². The number of amides is 1. The molecule has 1 rings (SSSR count). The Morgan fingerprint density at radius 1 is 1.53 bits per heavy atom. The van der Waals surface area contributed by atoms with Gasteiger partial charge in [-0.15, -0.1) is 0 Å². The molecule has 0 aliphatic carbocycles. The second-order valence-electron chi connectivity index (χ2n) is 4.13. The van der Waals surface area contributed by atoms with Gasteiger partial charge in [0.2, 0.25) is 0 Å². The number of hydrazine groups is 1. The third-order valence-electron chi connectivity index (χ3n) is 2.69. The number of benzene rings is 1. The summed E-state index contributed by atoms with van der Waals surface area (Å²) in [6.45, 7) is 2.07. The largest absolute Gasteiger partial charge is 0.616 e. The Bertz CT molecular complexity index is 454. The summed E-state index contributed by atoms with van der Waals surface area (Å²) in [5.74, 6) is 0.335. The van der Waals surface area contributed by atoms with Gasteiger partial charge < -0.3 is 15.4 Å². The summed E-state index contributed by atoms with van der Waals surface area (Å²) in [6, 6.07) is 5.16. The number of carbonyl (C=O) groups is 1. The first kappa shape index (κ1) is 15.5. The fourth-order valence-electron chi connectivity index (χ4n) is 1.86. The Morgan fingerprint density at radius 2 is 2.16 bits per heavy atom. The van der Waals surface area contributed by atoms with Crippen molar-refractivity contribution in [2.75, 3.05) is 30.6 Å². The van der Waals surface area contributed by atoms with Gasteiger partial charge in [0.25, 0.3) is 0 Å². The number of rotatable bonds is 5. The molecule has 0 bridgehead atoms. The molecule has 0 aliphatic heterocycles. The van der Waals surface area contributed by atoms with E-state index in [1.165, 1.54) is 10.0 Å². The zero-order valence-corrected chi connectivity index (χ0v) is 12.1. The van der Waals surface area contributed by atoms with Crippen molar-refractivity contribution in [1.29, 1.82) is 0 Å². The van der Waals surface area contributed by atoms with Crippen LogP contribution in [0.1, 0.15) is 12.5 Å². The van der Waals surface area contributed by atoms with Gasteiger partial charge >= 0.3 is 6.09 Å². The Morgan fingerprint density at radius 3 is 2.63 bits per heavy atom. The first-order valence-corrected chi connectivity index (χ1v) is 7.52. The van der Waals surface area contributed by atoms with Gasteiger partial charge in [0, 0.05) is 24.8 Å². The van der Waals surface area contributed by atoms with E-state index in [0.29, 0.717) is 23.7 Å². The summed E-state index contributed by atoms with van der Waals surface area (Å²) in [5.41, 5.74) is 7.75. The van der Waals surface area contributed by atoms with Crippen LogP contribution in [0.5, 0.6) is 0 Å². The zero-order valence-electron chi connectivity index (χ0n) is 11.3. The maximum atomic E-state index is 11.4. The van der Waals surface area contributed by atoms with E-state index >= 15 is 0 Å². The Labute approximate surface area is 116 Å². The van der Waals surface area contributed by atoms with E-state index in [2.05, 4.69) is 0 Å². The topological polar surface area (TPSA) is 92.9 Å². The molecule has 1 aromatic carbocycles. The molecule has 0 fully saturated rings. The summed E-state index contributed by atoms with van der Waals surface area (Å²) < 4.78 is 11.4. The molecule has 1 unspecified atom stereocenters. The van der Waals surface area contributed by atoms with Gasteiger partial charge in [-0.05, 0) is 25.1 Å². The van der Waals surface area contributed by atoms with Crippen LogP contribution in [0, 0.1) is 0 Å². The van der Waals surface area contributed by atoms with Crippen molar-refractivity contribution in [1.82, 2.24) is 5.01 Å². The number of anilines is 2. The summed E-state index contributed by atoms with van der Waals surface area (Å²) in [7, 11) is 1.66.